The zero-order valence-electron chi connectivity index (χ0n) is 9.69. The molecule has 0 spiro atoms. The molecule has 0 bridgehead atoms. The number of aromatic amines is 2. The van der Waals surface area contributed by atoms with Gasteiger partial charge in [0.1, 0.15) is 5.75 Å². The topological polar surface area (TPSA) is 99.9 Å². The van der Waals surface area contributed by atoms with Crippen LogP contribution < -0.4 is 21.3 Å². The summed E-state index contributed by atoms with van der Waals surface area (Å²) in [5.41, 5.74) is -0.457. The Kier molecular flexibility index (Phi) is 3.54. The number of benzene rings is 1. The van der Waals surface area contributed by atoms with Gasteiger partial charge in [-0.1, -0.05) is 18.2 Å². The monoisotopic (exact) mass is 248 g/mol. The minimum Gasteiger partial charge on any atom is -0.433 e. The molecular weight excluding hydrogens is 236 g/mol. The molecule has 7 heteroatoms. The lowest BCUT2D eigenvalue weighted by atomic mass is 10.2. The van der Waals surface area contributed by atoms with Gasteiger partial charge < -0.3 is 10.1 Å². The summed E-state index contributed by atoms with van der Waals surface area (Å²) >= 11 is 0. The van der Waals surface area contributed by atoms with Crippen molar-refractivity contribution in [1.29, 1.82) is 0 Å². The first-order valence-corrected chi connectivity index (χ1v) is 5.30. The first-order chi connectivity index (χ1) is 8.70. The Bertz CT molecular complexity index is 647. The number of aromatic nitrogens is 3. The van der Waals surface area contributed by atoms with Gasteiger partial charge in [0.15, 0.2) is 0 Å². The van der Waals surface area contributed by atoms with E-state index in [-0.39, 0.29) is 5.88 Å². The van der Waals surface area contributed by atoms with Crippen molar-refractivity contribution >= 4 is 0 Å². The fourth-order valence-corrected chi connectivity index (χ4v) is 1.45. The summed E-state index contributed by atoms with van der Waals surface area (Å²) in [4.78, 5) is 24.3. The lowest BCUT2D eigenvalue weighted by Gasteiger charge is -2.08. The molecule has 1 aromatic carbocycles. The van der Waals surface area contributed by atoms with Crippen LogP contribution in [0.2, 0.25) is 0 Å². The van der Waals surface area contributed by atoms with Crippen LogP contribution in [0.4, 0.5) is 0 Å². The summed E-state index contributed by atoms with van der Waals surface area (Å²) in [5.74, 6) is 0.315. The summed E-state index contributed by atoms with van der Waals surface area (Å²) in [6.07, 6.45) is 0. The molecule has 7 nitrogen and oxygen atoms in total. The molecule has 0 aliphatic heterocycles. The molecule has 1 heterocycles. The van der Waals surface area contributed by atoms with E-state index in [0.717, 1.165) is 5.56 Å². The lowest BCUT2D eigenvalue weighted by Crippen LogP contribution is -2.24. The SMILES string of the molecule is CNCc1ccccc1Oc1n[nH]c(=O)[nH]c1=O. The van der Waals surface area contributed by atoms with E-state index < -0.39 is 11.2 Å². The van der Waals surface area contributed by atoms with Gasteiger partial charge in [-0.05, 0) is 13.1 Å². The second kappa shape index (κ2) is 5.28. The molecule has 0 amide bonds. The quantitative estimate of drug-likeness (QED) is 0.705. The van der Waals surface area contributed by atoms with Gasteiger partial charge >= 0.3 is 17.1 Å². The largest absolute Gasteiger partial charge is 0.433 e. The van der Waals surface area contributed by atoms with Gasteiger partial charge in [0.2, 0.25) is 0 Å². The van der Waals surface area contributed by atoms with E-state index in [0.29, 0.717) is 12.3 Å². The Labute approximate surface area is 102 Å². The second-order valence-corrected chi connectivity index (χ2v) is 3.55. The number of nitrogens with one attached hydrogen (secondary N) is 3. The molecule has 0 aliphatic rings. The van der Waals surface area contributed by atoms with Gasteiger partial charge in [-0.3, -0.25) is 9.78 Å². The van der Waals surface area contributed by atoms with Gasteiger partial charge in [0.05, 0.1) is 0 Å². The van der Waals surface area contributed by atoms with Gasteiger partial charge in [0, 0.05) is 12.1 Å². The van der Waals surface area contributed by atoms with Crippen molar-refractivity contribution < 1.29 is 4.74 Å². The van der Waals surface area contributed by atoms with Crippen molar-refractivity contribution in [2.24, 2.45) is 0 Å². The van der Waals surface area contributed by atoms with E-state index in [9.17, 15) is 9.59 Å². The molecule has 0 unspecified atom stereocenters. The summed E-state index contributed by atoms with van der Waals surface area (Å²) < 4.78 is 5.38. The van der Waals surface area contributed by atoms with E-state index in [4.69, 9.17) is 4.74 Å². The van der Waals surface area contributed by atoms with Gasteiger partial charge in [0.25, 0.3) is 0 Å². The van der Waals surface area contributed by atoms with Crippen molar-refractivity contribution in [3.63, 3.8) is 0 Å². The van der Waals surface area contributed by atoms with Crippen LogP contribution in [0.5, 0.6) is 11.6 Å². The van der Waals surface area contributed by atoms with Crippen molar-refractivity contribution in [1.82, 2.24) is 20.5 Å². The van der Waals surface area contributed by atoms with Crippen LogP contribution in [0, 0.1) is 0 Å². The highest BCUT2D eigenvalue weighted by Gasteiger charge is 2.08. The lowest BCUT2D eigenvalue weighted by molar-refractivity contribution is 0.437. The molecular formula is C11H12N4O3. The molecule has 2 rings (SSSR count). The van der Waals surface area contributed by atoms with Crippen LogP contribution >= 0.6 is 0 Å². The zero-order valence-corrected chi connectivity index (χ0v) is 9.69. The van der Waals surface area contributed by atoms with Gasteiger partial charge in [-0.15, -0.1) is 5.10 Å². The van der Waals surface area contributed by atoms with Crippen molar-refractivity contribution in [2.45, 2.75) is 6.54 Å². The average Bonchev–Trinajstić information content (AvgIpc) is 2.35. The van der Waals surface area contributed by atoms with E-state index in [1.165, 1.54) is 0 Å². The van der Waals surface area contributed by atoms with E-state index in [1.54, 1.807) is 12.1 Å². The van der Waals surface area contributed by atoms with E-state index in [1.807, 2.05) is 24.2 Å². The molecule has 2 aromatic rings. The number of hydrogen-bond acceptors (Lipinski definition) is 5. The molecule has 0 saturated carbocycles. The van der Waals surface area contributed by atoms with Crippen LogP contribution in [-0.2, 0) is 6.54 Å². The Hall–Kier alpha value is -2.41. The molecule has 1 aromatic heterocycles. The van der Waals surface area contributed by atoms with Crippen molar-refractivity contribution in [3.05, 3.63) is 50.7 Å². The maximum atomic E-state index is 11.4. The Morgan fingerprint density at radius 2 is 2.11 bits per heavy atom. The summed E-state index contributed by atoms with van der Waals surface area (Å²) in [7, 11) is 1.81. The fourth-order valence-electron chi connectivity index (χ4n) is 1.45. The molecule has 0 saturated heterocycles. The second-order valence-electron chi connectivity index (χ2n) is 3.55. The minimum absolute atomic E-state index is 0.196. The first kappa shape index (κ1) is 12.1. The number of nitrogens with zero attached hydrogens (tertiary/aromatic N) is 1. The number of hydrogen-bond donors (Lipinski definition) is 3. The molecule has 18 heavy (non-hydrogen) atoms. The highest BCUT2D eigenvalue weighted by Crippen LogP contribution is 2.21. The van der Waals surface area contributed by atoms with Gasteiger partial charge in [-0.2, -0.15) is 0 Å². The number of rotatable bonds is 4. The highest BCUT2D eigenvalue weighted by molar-refractivity contribution is 5.35. The minimum atomic E-state index is -0.670. The summed E-state index contributed by atoms with van der Waals surface area (Å²) in [6.45, 7) is 0.595. The first-order valence-electron chi connectivity index (χ1n) is 5.30. The summed E-state index contributed by atoms with van der Waals surface area (Å²) in [5, 5.41) is 8.65. The van der Waals surface area contributed by atoms with E-state index >= 15 is 0 Å². The predicted molar refractivity (Wildman–Crippen MR) is 64.8 cm³/mol. The van der Waals surface area contributed by atoms with Crippen molar-refractivity contribution in [3.8, 4) is 11.6 Å². The number of para-hydroxylation sites is 1. The standard InChI is InChI=1S/C11H12N4O3/c1-12-6-7-4-2-3-5-8(7)18-10-9(16)13-11(17)15-14-10/h2-5,12H,6H2,1H3,(H2,13,15,16,17). The maximum absolute atomic E-state index is 11.4. The van der Waals surface area contributed by atoms with Crippen LogP contribution in [0.3, 0.4) is 0 Å². The van der Waals surface area contributed by atoms with Crippen LogP contribution in [0.1, 0.15) is 5.56 Å². The third-order valence-corrected chi connectivity index (χ3v) is 2.23. The molecule has 94 valence electrons. The third-order valence-electron chi connectivity index (χ3n) is 2.23. The molecule has 0 atom stereocenters. The van der Waals surface area contributed by atoms with E-state index in [2.05, 4.69) is 15.5 Å². The van der Waals surface area contributed by atoms with Crippen LogP contribution in [0.15, 0.2) is 33.9 Å². The molecule has 0 radical (unpaired) electrons. The molecule has 0 fully saturated rings. The predicted octanol–water partition coefficient (Wildman–Crippen LogP) is -0.0301. The number of ether oxygens (including phenoxy) is 1. The third kappa shape index (κ3) is 2.64. The fraction of sp³-hybridized carbons (Fsp3) is 0.182. The Morgan fingerprint density at radius 3 is 2.83 bits per heavy atom. The summed E-state index contributed by atoms with van der Waals surface area (Å²) in [6, 6.07) is 7.24. The van der Waals surface area contributed by atoms with Gasteiger partial charge in [-0.25, -0.2) is 9.89 Å². The molecule has 0 aliphatic carbocycles. The highest BCUT2D eigenvalue weighted by atomic mass is 16.5. The number of H-pyrrole nitrogens is 2. The normalized spacial score (nSPS) is 10.3. The molecule has 3 N–H and O–H groups in total. The Balaban J connectivity index is 2.34. The maximum Gasteiger partial charge on any atom is 0.342 e. The van der Waals surface area contributed by atoms with Crippen LogP contribution in [-0.4, -0.2) is 22.2 Å². The zero-order chi connectivity index (χ0) is 13.0. The van der Waals surface area contributed by atoms with Crippen molar-refractivity contribution in [2.75, 3.05) is 7.05 Å². The Morgan fingerprint density at radius 1 is 1.33 bits per heavy atom. The van der Waals surface area contributed by atoms with Crippen LogP contribution in [0.25, 0.3) is 0 Å². The smallest absolute Gasteiger partial charge is 0.342 e. The average molecular weight is 248 g/mol.